The molecule has 0 amide bonds. The third-order valence-electron chi connectivity index (χ3n) is 3.95. The molecule has 4 heteroatoms. The average Bonchev–Trinajstić information content (AvgIpc) is 2.63. The molecule has 2 aromatic heterocycles. The standard InChI is InChI=1S/C20H14ClN3/c1-13-10-11-18(23-19(13)14-6-3-2-4-7-14)20-22-12-15-16(21)8-5-9-17(15)24-20/h2-12H,1H3. The van der Waals surface area contributed by atoms with Crippen LogP contribution in [-0.2, 0) is 0 Å². The Kier molecular flexibility index (Phi) is 3.71. The number of aromatic nitrogens is 3. The molecule has 0 spiro atoms. The molecule has 0 bridgehead atoms. The van der Waals surface area contributed by atoms with E-state index in [1.165, 1.54) is 0 Å². The Morgan fingerprint density at radius 2 is 1.67 bits per heavy atom. The molecule has 4 rings (SSSR count). The zero-order chi connectivity index (χ0) is 16.5. The molecule has 3 nitrogen and oxygen atoms in total. The largest absolute Gasteiger partial charge is 0.244 e. The Bertz CT molecular complexity index is 1030. The fourth-order valence-corrected chi connectivity index (χ4v) is 2.90. The first-order valence-electron chi connectivity index (χ1n) is 7.67. The van der Waals surface area contributed by atoms with Crippen LogP contribution in [0.5, 0.6) is 0 Å². The number of hydrogen-bond donors (Lipinski definition) is 0. The molecule has 2 aromatic carbocycles. The van der Waals surface area contributed by atoms with Gasteiger partial charge in [-0.05, 0) is 30.7 Å². The van der Waals surface area contributed by atoms with Gasteiger partial charge in [-0.3, -0.25) is 0 Å². The molecule has 0 radical (unpaired) electrons. The van der Waals surface area contributed by atoms with Crippen LogP contribution in [0.3, 0.4) is 0 Å². The Balaban J connectivity index is 1.85. The van der Waals surface area contributed by atoms with Gasteiger partial charge in [0.1, 0.15) is 5.69 Å². The van der Waals surface area contributed by atoms with Crippen LogP contribution in [0, 0.1) is 6.92 Å². The fourth-order valence-electron chi connectivity index (χ4n) is 2.68. The minimum absolute atomic E-state index is 0.599. The van der Waals surface area contributed by atoms with Gasteiger partial charge >= 0.3 is 0 Å². The summed E-state index contributed by atoms with van der Waals surface area (Å²) in [5.41, 5.74) is 4.72. The number of aryl methyl sites for hydroxylation is 1. The molecule has 4 aromatic rings. The predicted octanol–water partition coefficient (Wildman–Crippen LogP) is 5.32. The summed E-state index contributed by atoms with van der Waals surface area (Å²) in [6.07, 6.45) is 1.75. The lowest BCUT2D eigenvalue weighted by Gasteiger charge is -2.08. The molecule has 0 fully saturated rings. The molecule has 116 valence electrons. The van der Waals surface area contributed by atoms with E-state index in [0.29, 0.717) is 10.8 Å². The Hall–Kier alpha value is -2.78. The van der Waals surface area contributed by atoms with E-state index in [1.807, 2.05) is 42.5 Å². The molecule has 0 aliphatic carbocycles. The van der Waals surface area contributed by atoms with Crippen LogP contribution < -0.4 is 0 Å². The van der Waals surface area contributed by atoms with Gasteiger partial charge in [-0.1, -0.05) is 54.1 Å². The summed E-state index contributed by atoms with van der Waals surface area (Å²) in [5.74, 6) is 0.599. The van der Waals surface area contributed by atoms with E-state index < -0.39 is 0 Å². The van der Waals surface area contributed by atoms with E-state index >= 15 is 0 Å². The van der Waals surface area contributed by atoms with Gasteiger partial charge in [0.25, 0.3) is 0 Å². The molecule has 24 heavy (non-hydrogen) atoms. The van der Waals surface area contributed by atoms with E-state index in [4.69, 9.17) is 16.6 Å². The van der Waals surface area contributed by atoms with Gasteiger partial charge in [0.05, 0.1) is 16.2 Å². The van der Waals surface area contributed by atoms with Crippen molar-refractivity contribution in [3.05, 3.63) is 77.4 Å². The number of fused-ring (bicyclic) bond motifs is 1. The second-order valence-electron chi connectivity index (χ2n) is 5.59. The van der Waals surface area contributed by atoms with Gasteiger partial charge in [-0.15, -0.1) is 0 Å². The van der Waals surface area contributed by atoms with Crippen LogP contribution in [0.1, 0.15) is 5.56 Å². The molecule has 0 saturated carbocycles. The monoisotopic (exact) mass is 331 g/mol. The molecule has 0 N–H and O–H groups in total. The van der Waals surface area contributed by atoms with E-state index in [0.717, 1.165) is 33.4 Å². The predicted molar refractivity (Wildman–Crippen MR) is 98.0 cm³/mol. The highest BCUT2D eigenvalue weighted by molar-refractivity contribution is 6.35. The molecular formula is C20H14ClN3. The molecular weight excluding hydrogens is 318 g/mol. The number of halogens is 1. The first kappa shape index (κ1) is 14.8. The van der Waals surface area contributed by atoms with Crippen molar-refractivity contribution in [3.63, 3.8) is 0 Å². The second-order valence-corrected chi connectivity index (χ2v) is 6.00. The highest BCUT2D eigenvalue weighted by atomic mass is 35.5. The number of pyridine rings is 1. The first-order valence-corrected chi connectivity index (χ1v) is 8.05. The molecule has 0 unspecified atom stereocenters. The topological polar surface area (TPSA) is 38.7 Å². The van der Waals surface area contributed by atoms with Gasteiger partial charge in [0.15, 0.2) is 5.82 Å². The summed E-state index contributed by atoms with van der Waals surface area (Å²) in [5, 5.41) is 1.50. The zero-order valence-corrected chi connectivity index (χ0v) is 13.8. The highest BCUT2D eigenvalue weighted by Gasteiger charge is 2.10. The summed E-state index contributed by atoms with van der Waals surface area (Å²) in [7, 11) is 0. The zero-order valence-electron chi connectivity index (χ0n) is 13.1. The van der Waals surface area contributed by atoms with Crippen molar-refractivity contribution < 1.29 is 0 Å². The second kappa shape index (κ2) is 6.02. The van der Waals surface area contributed by atoms with Gasteiger partial charge in [0.2, 0.25) is 0 Å². The van der Waals surface area contributed by atoms with Crippen LogP contribution >= 0.6 is 11.6 Å². The summed E-state index contributed by atoms with van der Waals surface area (Å²) < 4.78 is 0. The SMILES string of the molecule is Cc1ccc(-c2ncc3c(Cl)cccc3n2)nc1-c1ccccc1. The summed E-state index contributed by atoms with van der Waals surface area (Å²) in [6.45, 7) is 2.06. The number of rotatable bonds is 2. The summed E-state index contributed by atoms with van der Waals surface area (Å²) >= 11 is 6.19. The normalized spacial score (nSPS) is 10.9. The molecule has 0 saturated heterocycles. The van der Waals surface area contributed by atoms with Crippen molar-refractivity contribution in [1.29, 1.82) is 0 Å². The number of benzene rings is 2. The van der Waals surface area contributed by atoms with Crippen molar-refractivity contribution in [2.75, 3.05) is 0 Å². The van der Waals surface area contributed by atoms with Crippen LogP contribution in [0.2, 0.25) is 5.02 Å². The minimum Gasteiger partial charge on any atom is -0.244 e. The fraction of sp³-hybridized carbons (Fsp3) is 0.0500. The number of nitrogens with zero attached hydrogens (tertiary/aromatic N) is 3. The van der Waals surface area contributed by atoms with Crippen LogP contribution in [0.25, 0.3) is 33.7 Å². The molecule has 0 aliphatic rings. The molecule has 0 atom stereocenters. The van der Waals surface area contributed by atoms with E-state index in [2.05, 4.69) is 35.1 Å². The van der Waals surface area contributed by atoms with Gasteiger partial charge < -0.3 is 0 Å². The average molecular weight is 332 g/mol. The van der Waals surface area contributed by atoms with E-state index in [1.54, 1.807) is 6.20 Å². The maximum atomic E-state index is 6.19. The summed E-state index contributed by atoms with van der Waals surface area (Å²) in [6, 6.07) is 19.8. The van der Waals surface area contributed by atoms with E-state index in [-0.39, 0.29) is 0 Å². The highest BCUT2D eigenvalue weighted by Crippen LogP contribution is 2.26. The lowest BCUT2D eigenvalue weighted by Crippen LogP contribution is -1.96. The van der Waals surface area contributed by atoms with Crippen molar-refractivity contribution in [1.82, 2.24) is 15.0 Å². The van der Waals surface area contributed by atoms with Crippen LogP contribution in [0.15, 0.2) is 66.9 Å². The molecule has 2 heterocycles. The van der Waals surface area contributed by atoms with Crippen molar-refractivity contribution in [3.8, 4) is 22.8 Å². The van der Waals surface area contributed by atoms with Gasteiger partial charge in [-0.2, -0.15) is 0 Å². The maximum absolute atomic E-state index is 6.19. The van der Waals surface area contributed by atoms with Crippen molar-refractivity contribution >= 4 is 22.5 Å². The van der Waals surface area contributed by atoms with E-state index in [9.17, 15) is 0 Å². The quantitative estimate of drug-likeness (QED) is 0.499. The Labute approximate surface area is 145 Å². The summed E-state index contributed by atoms with van der Waals surface area (Å²) in [4.78, 5) is 13.8. The van der Waals surface area contributed by atoms with Crippen molar-refractivity contribution in [2.24, 2.45) is 0 Å². The smallest absolute Gasteiger partial charge is 0.178 e. The van der Waals surface area contributed by atoms with Crippen molar-refractivity contribution in [2.45, 2.75) is 6.92 Å². The molecule has 0 aliphatic heterocycles. The lowest BCUT2D eigenvalue weighted by atomic mass is 10.1. The van der Waals surface area contributed by atoms with Gasteiger partial charge in [-0.25, -0.2) is 15.0 Å². The Morgan fingerprint density at radius 3 is 2.50 bits per heavy atom. The number of hydrogen-bond acceptors (Lipinski definition) is 3. The van der Waals surface area contributed by atoms with Crippen LogP contribution in [0.4, 0.5) is 0 Å². The Morgan fingerprint density at radius 1 is 0.833 bits per heavy atom. The van der Waals surface area contributed by atoms with Gasteiger partial charge in [0, 0.05) is 17.1 Å². The van der Waals surface area contributed by atoms with Crippen LogP contribution in [-0.4, -0.2) is 15.0 Å². The lowest BCUT2D eigenvalue weighted by molar-refractivity contribution is 1.17. The maximum Gasteiger partial charge on any atom is 0.178 e. The third-order valence-corrected chi connectivity index (χ3v) is 4.28. The minimum atomic E-state index is 0.599. The third kappa shape index (κ3) is 2.63. The first-order chi connectivity index (χ1) is 11.7.